The molecule has 1 aromatic carbocycles. The lowest BCUT2D eigenvalue weighted by Gasteiger charge is -2.24. The zero-order valence-corrected chi connectivity index (χ0v) is 14.3. The summed E-state index contributed by atoms with van der Waals surface area (Å²) in [6, 6.07) is 1.74. The summed E-state index contributed by atoms with van der Waals surface area (Å²) >= 11 is 12.8. The minimum atomic E-state index is 0.297. The van der Waals surface area contributed by atoms with Crippen molar-refractivity contribution in [2.75, 3.05) is 12.3 Å². The molecule has 1 unspecified atom stereocenters. The minimum absolute atomic E-state index is 0.297. The SMILES string of the molecule is CC1CCCc2c(-c3c(Cl)cc(Cl)c4c3CCO4)nc(N)nc21. The molecule has 2 N–H and O–H groups in total. The van der Waals surface area contributed by atoms with Gasteiger partial charge < -0.3 is 10.5 Å². The quantitative estimate of drug-likeness (QED) is 0.828. The molecule has 0 saturated heterocycles. The summed E-state index contributed by atoms with van der Waals surface area (Å²) in [7, 11) is 0. The van der Waals surface area contributed by atoms with Crippen LogP contribution in [0.5, 0.6) is 5.75 Å². The number of halogens is 2. The van der Waals surface area contributed by atoms with Crippen molar-refractivity contribution in [1.29, 1.82) is 0 Å². The molecular weight excluding hydrogens is 333 g/mol. The number of fused-ring (bicyclic) bond motifs is 2. The van der Waals surface area contributed by atoms with Crippen LogP contribution < -0.4 is 10.5 Å². The van der Waals surface area contributed by atoms with Crippen LogP contribution in [-0.2, 0) is 12.8 Å². The number of rotatable bonds is 1. The third kappa shape index (κ3) is 2.36. The number of nitrogen functional groups attached to an aromatic ring is 1. The van der Waals surface area contributed by atoms with Gasteiger partial charge in [-0.25, -0.2) is 9.97 Å². The standard InChI is InChI=1S/C17H17Cl2N3O/c1-8-3-2-4-10-14(8)21-17(20)22-15(10)13-9-5-6-23-16(9)12(19)7-11(13)18/h7-8H,2-6H2,1H3,(H2,20,21,22). The second-order valence-electron chi connectivity index (χ2n) is 6.21. The lowest BCUT2D eigenvalue weighted by atomic mass is 9.85. The van der Waals surface area contributed by atoms with Gasteiger partial charge in [-0.1, -0.05) is 30.1 Å². The number of nitrogens with two attached hydrogens (primary N) is 1. The average Bonchev–Trinajstić information content (AvgIpc) is 2.98. The fourth-order valence-corrected chi connectivity index (χ4v) is 4.30. The van der Waals surface area contributed by atoms with Crippen molar-refractivity contribution in [3.05, 3.63) is 32.9 Å². The van der Waals surface area contributed by atoms with Gasteiger partial charge in [-0.2, -0.15) is 0 Å². The molecule has 2 aliphatic rings. The van der Waals surface area contributed by atoms with Crippen LogP contribution in [0.25, 0.3) is 11.3 Å². The summed E-state index contributed by atoms with van der Waals surface area (Å²) in [6.07, 6.45) is 3.97. The van der Waals surface area contributed by atoms with E-state index in [1.165, 1.54) is 0 Å². The van der Waals surface area contributed by atoms with E-state index in [1.54, 1.807) is 6.07 Å². The fraction of sp³-hybridized carbons (Fsp3) is 0.412. The highest BCUT2D eigenvalue weighted by Crippen LogP contribution is 2.46. The smallest absolute Gasteiger partial charge is 0.220 e. The monoisotopic (exact) mass is 349 g/mol. The van der Waals surface area contributed by atoms with E-state index in [4.69, 9.17) is 33.7 Å². The third-order valence-corrected chi connectivity index (χ3v) is 5.29. The molecule has 1 atom stereocenters. The molecule has 1 aromatic heterocycles. The molecule has 0 fully saturated rings. The summed E-state index contributed by atoms with van der Waals surface area (Å²) in [4.78, 5) is 9.03. The van der Waals surface area contributed by atoms with E-state index >= 15 is 0 Å². The Morgan fingerprint density at radius 1 is 1.17 bits per heavy atom. The predicted molar refractivity (Wildman–Crippen MR) is 92.5 cm³/mol. The Bertz CT molecular complexity index is 807. The maximum atomic E-state index is 6.54. The van der Waals surface area contributed by atoms with E-state index < -0.39 is 0 Å². The lowest BCUT2D eigenvalue weighted by molar-refractivity contribution is 0.357. The summed E-state index contributed by atoms with van der Waals surface area (Å²) in [5.74, 6) is 1.41. The van der Waals surface area contributed by atoms with Crippen LogP contribution in [0.3, 0.4) is 0 Å². The van der Waals surface area contributed by atoms with Crippen molar-refractivity contribution in [1.82, 2.24) is 9.97 Å². The van der Waals surface area contributed by atoms with E-state index in [1.807, 2.05) is 0 Å². The van der Waals surface area contributed by atoms with Gasteiger partial charge in [0.2, 0.25) is 5.95 Å². The molecule has 2 aromatic rings. The minimum Gasteiger partial charge on any atom is -0.491 e. The first kappa shape index (κ1) is 15.0. The molecule has 1 aliphatic heterocycles. The Hall–Kier alpha value is -1.52. The molecule has 0 saturated carbocycles. The topological polar surface area (TPSA) is 61.0 Å². The molecule has 0 spiro atoms. The molecule has 0 radical (unpaired) electrons. The van der Waals surface area contributed by atoms with Gasteiger partial charge >= 0.3 is 0 Å². The first-order valence-corrected chi connectivity index (χ1v) is 8.62. The Morgan fingerprint density at radius 2 is 2.00 bits per heavy atom. The average molecular weight is 350 g/mol. The molecule has 1 aliphatic carbocycles. The van der Waals surface area contributed by atoms with Crippen LogP contribution in [-0.4, -0.2) is 16.6 Å². The van der Waals surface area contributed by atoms with Gasteiger partial charge in [0.1, 0.15) is 5.75 Å². The Kier molecular flexibility index (Phi) is 3.62. The molecule has 4 nitrogen and oxygen atoms in total. The van der Waals surface area contributed by atoms with Crippen LogP contribution in [0, 0.1) is 0 Å². The molecule has 4 rings (SSSR count). The number of ether oxygens (including phenoxy) is 1. The van der Waals surface area contributed by atoms with Gasteiger partial charge in [-0.3, -0.25) is 0 Å². The summed E-state index contributed by atoms with van der Waals surface area (Å²) in [5, 5.41) is 1.15. The number of anilines is 1. The third-order valence-electron chi connectivity index (χ3n) is 4.71. The van der Waals surface area contributed by atoms with Crippen molar-refractivity contribution < 1.29 is 4.74 Å². The molecule has 0 amide bonds. The number of hydrogen-bond donors (Lipinski definition) is 1. The normalized spacial score (nSPS) is 19.2. The van der Waals surface area contributed by atoms with Crippen molar-refractivity contribution in [2.45, 2.75) is 38.5 Å². The van der Waals surface area contributed by atoms with Gasteiger partial charge in [0, 0.05) is 23.1 Å². The number of hydrogen-bond acceptors (Lipinski definition) is 4. The van der Waals surface area contributed by atoms with Crippen molar-refractivity contribution in [3.8, 4) is 17.0 Å². The molecule has 6 heteroatoms. The maximum Gasteiger partial charge on any atom is 0.220 e. The van der Waals surface area contributed by atoms with Gasteiger partial charge in [-0.15, -0.1) is 0 Å². The van der Waals surface area contributed by atoms with E-state index in [2.05, 4.69) is 16.9 Å². The molecule has 0 bridgehead atoms. The van der Waals surface area contributed by atoms with Crippen molar-refractivity contribution in [3.63, 3.8) is 0 Å². The van der Waals surface area contributed by atoms with Gasteiger partial charge in [-0.05, 0) is 31.2 Å². The maximum absolute atomic E-state index is 6.54. The van der Waals surface area contributed by atoms with Gasteiger partial charge in [0.15, 0.2) is 0 Å². The zero-order chi connectivity index (χ0) is 16.1. The summed E-state index contributed by atoms with van der Waals surface area (Å²) in [5.41, 5.74) is 11.0. The van der Waals surface area contributed by atoms with Crippen LogP contribution in [0.2, 0.25) is 10.0 Å². The second-order valence-corrected chi connectivity index (χ2v) is 7.02. The Labute approximate surface area is 145 Å². The van der Waals surface area contributed by atoms with Crippen molar-refractivity contribution in [2.24, 2.45) is 0 Å². The molecule has 23 heavy (non-hydrogen) atoms. The Balaban J connectivity index is 2.02. The van der Waals surface area contributed by atoms with Crippen LogP contribution in [0.15, 0.2) is 6.07 Å². The van der Waals surface area contributed by atoms with Gasteiger partial charge in [0.05, 0.1) is 28.0 Å². The number of aromatic nitrogens is 2. The van der Waals surface area contributed by atoms with Gasteiger partial charge in [0.25, 0.3) is 0 Å². The summed E-state index contributed by atoms with van der Waals surface area (Å²) in [6.45, 7) is 2.80. The fourth-order valence-electron chi connectivity index (χ4n) is 3.66. The van der Waals surface area contributed by atoms with E-state index in [0.29, 0.717) is 28.5 Å². The van der Waals surface area contributed by atoms with E-state index in [0.717, 1.165) is 59.5 Å². The zero-order valence-electron chi connectivity index (χ0n) is 12.8. The lowest BCUT2D eigenvalue weighted by Crippen LogP contribution is -2.14. The number of benzene rings is 1. The molecule has 2 heterocycles. The summed E-state index contributed by atoms with van der Waals surface area (Å²) < 4.78 is 5.68. The van der Waals surface area contributed by atoms with Crippen LogP contribution in [0.1, 0.15) is 42.5 Å². The van der Waals surface area contributed by atoms with E-state index in [-0.39, 0.29) is 0 Å². The molecular formula is C17H17Cl2N3O. The Morgan fingerprint density at radius 3 is 2.83 bits per heavy atom. The largest absolute Gasteiger partial charge is 0.491 e. The van der Waals surface area contributed by atoms with Crippen LogP contribution >= 0.6 is 23.2 Å². The van der Waals surface area contributed by atoms with Crippen molar-refractivity contribution >= 4 is 29.2 Å². The predicted octanol–water partition coefficient (Wildman–Crippen LogP) is 4.41. The van der Waals surface area contributed by atoms with Crippen LogP contribution in [0.4, 0.5) is 5.95 Å². The first-order chi connectivity index (χ1) is 11.1. The van der Waals surface area contributed by atoms with E-state index in [9.17, 15) is 0 Å². The first-order valence-electron chi connectivity index (χ1n) is 7.86. The highest BCUT2D eigenvalue weighted by atomic mass is 35.5. The number of nitrogens with zero attached hydrogens (tertiary/aromatic N) is 2. The highest BCUT2D eigenvalue weighted by molar-refractivity contribution is 6.37. The molecule has 120 valence electrons. The highest BCUT2D eigenvalue weighted by Gasteiger charge is 2.29. The second kappa shape index (κ2) is 5.53.